The Hall–Kier alpha value is -4.49. The number of nitrogens with one attached hydrogen (secondary N) is 2. The van der Waals surface area contributed by atoms with Crippen LogP contribution in [0.2, 0.25) is 0 Å². The minimum atomic E-state index is -0.418. The molecular formula is C29H28N4O3. The summed E-state index contributed by atoms with van der Waals surface area (Å²) in [5.74, 6) is -0.793. The summed E-state index contributed by atoms with van der Waals surface area (Å²) in [7, 11) is 1.56. The molecule has 0 unspecified atom stereocenters. The Kier molecular flexibility index (Phi) is 8.05. The summed E-state index contributed by atoms with van der Waals surface area (Å²) in [6.45, 7) is 2.61. The van der Waals surface area contributed by atoms with Crippen molar-refractivity contribution in [3.63, 3.8) is 0 Å². The normalized spacial score (nSPS) is 11.2. The molecule has 0 atom stereocenters. The van der Waals surface area contributed by atoms with Crippen LogP contribution in [0.1, 0.15) is 21.5 Å². The Balaban J connectivity index is 1.75. The molecule has 4 aromatic rings. The molecule has 0 spiro atoms. The third-order valence-electron chi connectivity index (χ3n) is 5.51. The number of rotatable bonds is 9. The molecular weight excluding hydrogens is 452 g/mol. The number of para-hydroxylation sites is 1. The van der Waals surface area contributed by atoms with Crippen molar-refractivity contribution in [3.8, 4) is 16.9 Å². The van der Waals surface area contributed by atoms with Crippen molar-refractivity contribution in [2.75, 3.05) is 20.3 Å². The summed E-state index contributed by atoms with van der Waals surface area (Å²) in [6, 6.07) is 26.6. The van der Waals surface area contributed by atoms with Crippen molar-refractivity contribution in [2.45, 2.75) is 6.92 Å². The van der Waals surface area contributed by atoms with Crippen LogP contribution in [0, 0.1) is 6.92 Å². The molecule has 0 radical (unpaired) electrons. The maximum atomic E-state index is 13.1. The van der Waals surface area contributed by atoms with E-state index in [1.165, 1.54) is 0 Å². The van der Waals surface area contributed by atoms with Crippen molar-refractivity contribution in [1.29, 1.82) is 0 Å². The van der Waals surface area contributed by atoms with Crippen LogP contribution in [-0.4, -0.2) is 41.9 Å². The van der Waals surface area contributed by atoms with Gasteiger partial charge in [0, 0.05) is 36.5 Å². The Morgan fingerprint density at radius 3 is 2.28 bits per heavy atom. The zero-order chi connectivity index (χ0) is 25.3. The van der Waals surface area contributed by atoms with Gasteiger partial charge in [-0.2, -0.15) is 5.10 Å². The van der Waals surface area contributed by atoms with Gasteiger partial charge in [0.15, 0.2) is 0 Å². The van der Waals surface area contributed by atoms with Gasteiger partial charge in [0.05, 0.1) is 12.3 Å². The Labute approximate surface area is 210 Å². The molecule has 0 aliphatic rings. The molecule has 0 aliphatic heterocycles. The van der Waals surface area contributed by atoms with Gasteiger partial charge in [-0.15, -0.1) is 0 Å². The number of benzene rings is 3. The van der Waals surface area contributed by atoms with Crippen LogP contribution >= 0.6 is 0 Å². The molecule has 4 rings (SSSR count). The standard InChI is InChI=1S/C29H28N4O3/c1-21-13-15-23(16-14-21)28(34)31-26(29(35)30-17-18-36-2)19-24-20-33(25-11-7-4-8-12-25)32-27(24)22-9-5-3-6-10-22/h3-16,19-20H,17-18H2,1-2H3,(H,30,35)(H,31,34)/b26-19-. The summed E-state index contributed by atoms with van der Waals surface area (Å²) in [5, 5.41) is 10.4. The van der Waals surface area contributed by atoms with Gasteiger partial charge in [0.25, 0.3) is 11.8 Å². The quantitative estimate of drug-likeness (QED) is 0.275. The topological polar surface area (TPSA) is 85.2 Å². The van der Waals surface area contributed by atoms with Crippen LogP contribution in [0.15, 0.2) is 96.8 Å². The van der Waals surface area contributed by atoms with Gasteiger partial charge in [0.2, 0.25) is 0 Å². The van der Waals surface area contributed by atoms with Gasteiger partial charge in [0.1, 0.15) is 11.4 Å². The van der Waals surface area contributed by atoms with Crippen molar-refractivity contribution >= 4 is 17.9 Å². The van der Waals surface area contributed by atoms with E-state index in [4.69, 9.17) is 9.84 Å². The lowest BCUT2D eigenvalue weighted by Crippen LogP contribution is -2.36. The monoisotopic (exact) mass is 480 g/mol. The number of aromatic nitrogens is 2. The zero-order valence-corrected chi connectivity index (χ0v) is 20.3. The number of amides is 2. The molecule has 0 bridgehead atoms. The maximum Gasteiger partial charge on any atom is 0.267 e. The van der Waals surface area contributed by atoms with Gasteiger partial charge in [-0.3, -0.25) is 9.59 Å². The summed E-state index contributed by atoms with van der Waals surface area (Å²) in [6.07, 6.45) is 3.50. The third kappa shape index (κ3) is 6.14. The lowest BCUT2D eigenvalue weighted by atomic mass is 10.1. The van der Waals surface area contributed by atoms with E-state index in [0.29, 0.717) is 30.0 Å². The first-order chi connectivity index (χ1) is 17.5. The summed E-state index contributed by atoms with van der Waals surface area (Å²) >= 11 is 0. The van der Waals surface area contributed by atoms with Gasteiger partial charge >= 0.3 is 0 Å². The fourth-order valence-electron chi connectivity index (χ4n) is 3.60. The number of carbonyl (C=O) groups is 2. The fourth-order valence-corrected chi connectivity index (χ4v) is 3.60. The first-order valence-corrected chi connectivity index (χ1v) is 11.6. The van der Waals surface area contributed by atoms with E-state index in [1.54, 1.807) is 30.0 Å². The highest BCUT2D eigenvalue weighted by atomic mass is 16.5. The minimum absolute atomic E-state index is 0.112. The smallest absolute Gasteiger partial charge is 0.267 e. The highest BCUT2D eigenvalue weighted by Gasteiger charge is 2.18. The van der Waals surface area contributed by atoms with Crippen molar-refractivity contribution in [3.05, 3.63) is 114 Å². The number of methoxy groups -OCH3 is 1. The molecule has 1 heterocycles. The second-order valence-electron chi connectivity index (χ2n) is 8.21. The van der Waals surface area contributed by atoms with Gasteiger partial charge in [-0.1, -0.05) is 66.2 Å². The summed E-state index contributed by atoms with van der Waals surface area (Å²) in [5.41, 5.74) is 4.75. The van der Waals surface area contributed by atoms with Gasteiger partial charge in [-0.05, 0) is 37.3 Å². The Bertz CT molecular complexity index is 1340. The van der Waals surface area contributed by atoms with Crippen LogP contribution < -0.4 is 10.6 Å². The van der Waals surface area contributed by atoms with Crippen molar-refractivity contribution in [2.24, 2.45) is 0 Å². The SMILES string of the molecule is COCCNC(=O)/C(=C/c1cn(-c2ccccc2)nc1-c1ccccc1)NC(=O)c1ccc(C)cc1. The van der Waals surface area contributed by atoms with Crippen molar-refractivity contribution < 1.29 is 14.3 Å². The van der Waals surface area contributed by atoms with Gasteiger partial charge < -0.3 is 15.4 Å². The van der Waals surface area contributed by atoms with Gasteiger partial charge in [-0.25, -0.2) is 4.68 Å². The second-order valence-corrected chi connectivity index (χ2v) is 8.21. The van der Waals surface area contributed by atoms with E-state index < -0.39 is 5.91 Å². The Morgan fingerprint density at radius 1 is 0.944 bits per heavy atom. The molecule has 2 N–H and O–H groups in total. The van der Waals surface area contributed by atoms with E-state index in [-0.39, 0.29) is 11.6 Å². The Morgan fingerprint density at radius 2 is 1.61 bits per heavy atom. The maximum absolute atomic E-state index is 13.1. The molecule has 36 heavy (non-hydrogen) atoms. The molecule has 3 aromatic carbocycles. The predicted molar refractivity (Wildman–Crippen MR) is 141 cm³/mol. The van der Waals surface area contributed by atoms with Crippen LogP contribution in [0.4, 0.5) is 0 Å². The highest BCUT2D eigenvalue weighted by Crippen LogP contribution is 2.25. The van der Waals surface area contributed by atoms with Crippen LogP contribution in [-0.2, 0) is 9.53 Å². The largest absolute Gasteiger partial charge is 0.383 e. The molecule has 2 amide bonds. The fraction of sp³-hybridized carbons (Fsp3) is 0.138. The van der Waals surface area contributed by atoms with Crippen LogP contribution in [0.3, 0.4) is 0 Å². The minimum Gasteiger partial charge on any atom is -0.383 e. The van der Waals surface area contributed by atoms with Crippen LogP contribution in [0.5, 0.6) is 0 Å². The first-order valence-electron chi connectivity index (χ1n) is 11.6. The molecule has 0 saturated heterocycles. The molecule has 7 nitrogen and oxygen atoms in total. The average molecular weight is 481 g/mol. The molecule has 0 aliphatic carbocycles. The number of hydrogen-bond acceptors (Lipinski definition) is 4. The van der Waals surface area contributed by atoms with E-state index in [1.807, 2.05) is 85.9 Å². The average Bonchev–Trinajstić information content (AvgIpc) is 3.33. The molecule has 7 heteroatoms. The molecule has 1 aromatic heterocycles. The van der Waals surface area contributed by atoms with E-state index in [9.17, 15) is 9.59 Å². The molecule has 0 saturated carbocycles. The number of aryl methyl sites for hydroxylation is 1. The number of carbonyl (C=O) groups excluding carboxylic acids is 2. The lowest BCUT2D eigenvalue weighted by Gasteiger charge is -2.11. The lowest BCUT2D eigenvalue weighted by molar-refractivity contribution is -0.117. The summed E-state index contributed by atoms with van der Waals surface area (Å²) < 4.78 is 6.81. The zero-order valence-electron chi connectivity index (χ0n) is 20.3. The first kappa shape index (κ1) is 24.6. The van der Waals surface area contributed by atoms with E-state index in [0.717, 1.165) is 16.8 Å². The molecule has 0 fully saturated rings. The van der Waals surface area contributed by atoms with Crippen LogP contribution in [0.25, 0.3) is 23.0 Å². The van der Waals surface area contributed by atoms with E-state index >= 15 is 0 Å². The number of ether oxygens (including phenoxy) is 1. The number of nitrogens with zero attached hydrogens (tertiary/aromatic N) is 2. The predicted octanol–water partition coefficient (Wildman–Crippen LogP) is 4.38. The molecule has 182 valence electrons. The second kappa shape index (κ2) is 11.8. The third-order valence-corrected chi connectivity index (χ3v) is 5.51. The summed E-state index contributed by atoms with van der Waals surface area (Å²) in [4.78, 5) is 26.1. The van der Waals surface area contributed by atoms with E-state index in [2.05, 4.69) is 10.6 Å². The van der Waals surface area contributed by atoms with Crippen molar-refractivity contribution in [1.82, 2.24) is 20.4 Å². The highest BCUT2D eigenvalue weighted by molar-refractivity contribution is 6.05. The number of hydrogen-bond donors (Lipinski definition) is 2.